The Morgan fingerprint density at radius 1 is 1.26 bits per heavy atom. The molecule has 162 valence electrons. The molecule has 2 atom stereocenters. The van der Waals surface area contributed by atoms with E-state index >= 15 is 0 Å². The maximum atomic E-state index is 12.2. The predicted molar refractivity (Wildman–Crippen MR) is 119 cm³/mol. The first-order valence-electron chi connectivity index (χ1n) is 10.6. The van der Waals surface area contributed by atoms with Crippen molar-refractivity contribution in [1.82, 2.24) is 9.97 Å². The zero-order chi connectivity index (χ0) is 21.4. The van der Waals surface area contributed by atoms with E-state index in [-0.39, 0.29) is 0 Å². The Hall–Kier alpha value is -2.59. The summed E-state index contributed by atoms with van der Waals surface area (Å²) in [6.45, 7) is 4.34. The molecule has 0 saturated carbocycles. The number of benzene rings is 1. The van der Waals surface area contributed by atoms with E-state index in [0.717, 1.165) is 53.5 Å². The molecule has 1 aromatic carbocycles. The molecule has 0 unspecified atom stereocenters. The van der Waals surface area contributed by atoms with Crippen LogP contribution in [0.2, 0.25) is 0 Å². The molecular weight excluding hydrogens is 414 g/mol. The number of nitrogens with two attached hydrogens (primary N) is 1. The van der Waals surface area contributed by atoms with Crippen LogP contribution in [0.15, 0.2) is 35.7 Å². The lowest BCUT2D eigenvalue weighted by Crippen LogP contribution is -3.12. The van der Waals surface area contributed by atoms with E-state index < -0.39 is 18.1 Å². The lowest BCUT2D eigenvalue weighted by molar-refractivity contribution is -0.922. The normalized spacial score (nSPS) is 22.3. The van der Waals surface area contributed by atoms with Gasteiger partial charge in [0.2, 0.25) is 5.91 Å². The lowest BCUT2D eigenvalue weighted by Gasteiger charge is -2.26. The van der Waals surface area contributed by atoms with Crippen molar-refractivity contribution in [3.8, 4) is 11.1 Å². The number of aromatic nitrogens is 2. The molecule has 0 bridgehead atoms. The molecule has 0 radical (unpaired) electrons. The maximum absolute atomic E-state index is 12.2. The van der Waals surface area contributed by atoms with Crippen molar-refractivity contribution in [3.63, 3.8) is 0 Å². The topological polar surface area (TPSA) is 106 Å². The third kappa shape index (κ3) is 4.01. The van der Waals surface area contributed by atoms with E-state index in [9.17, 15) is 9.90 Å². The van der Waals surface area contributed by atoms with Gasteiger partial charge < -0.3 is 25.4 Å². The molecule has 1 amide bonds. The van der Waals surface area contributed by atoms with E-state index in [1.807, 2.05) is 23.1 Å². The fourth-order valence-corrected chi connectivity index (χ4v) is 5.42. The van der Waals surface area contributed by atoms with E-state index in [0.29, 0.717) is 25.3 Å². The van der Waals surface area contributed by atoms with Crippen molar-refractivity contribution in [2.24, 2.45) is 5.73 Å². The van der Waals surface area contributed by atoms with Gasteiger partial charge in [-0.1, -0.05) is 30.3 Å². The van der Waals surface area contributed by atoms with E-state index in [1.165, 1.54) is 4.90 Å². The molecular formula is C22H26N5O3S+. The first-order chi connectivity index (χ1) is 15.1. The number of amides is 1. The molecule has 5 rings (SSSR count). The zero-order valence-electron chi connectivity index (χ0n) is 17.2. The summed E-state index contributed by atoms with van der Waals surface area (Å²) in [6.07, 6.45) is -0.301. The van der Waals surface area contributed by atoms with Crippen molar-refractivity contribution in [2.75, 3.05) is 37.7 Å². The fraction of sp³-hybridized carbons (Fsp3) is 0.409. The number of β-amino-alcohol motifs (C(OH)–C–C–N with tert-alkyl or cyclic N) is 1. The number of thiophene rings is 1. The Bertz CT molecular complexity index is 1080. The van der Waals surface area contributed by atoms with Gasteiger partial charge in [0.1, 0.15) is 36.3 Å². The highest BCUT2D eigenvalue weighted by Gasteiger charge is 2.37. The lowest BCUT2D eigenvalue weighted by atomic mass is 10.1. The average molecular weight is 441 g/mol. The number of hydrogen-bond acceptors (Lipinski definition) is 7. The van der Waals surface area contributed by atoms with Crippen LogP contribution in [0, 0.1) is 0 Å². The summed E-state index contributed by atoms with van der Waals surface area (Å²) in [7, 11) is 0. The number of hydrogen-bond donors (Lipinski definition) is 3. The van der Waals surface area contributed by atoms with Crippen LogP contribution in [0.4, 0.5) is 5.82 Å². The van der Waals surface area contributed by atoms with Gasteiger partial charge >= 0.3 is 0 Å². The maximum Gasteiger partial charge on any atom is 0.240 e. The zero-order valence-corrected chi connectivity index (χ0v) is 18.0. The van der Waals surface area contributed by atoms with E-state index in [4.69, 9.17) is 20.4 Å². The Balaban J connectivity index is 1.63. The monoisotopic (exact) mass is 440 g/mol. The van der Waals surface area contributed by atoms with Crippen LogP contribution in [0.5, 0.6) is 0 Å². The first kappa shape index (κ1) is 20.3. The highest BCUT2D eigenvalue weighted by molar-refractivity contribution is 7.17. The molecule has 9 heteroatoms. The largest absolute Gasteiger partial charge is 0.391 e. The molecule has 2 saturated heterocycles. The molecule has 31 heavy (non-hydrogen) atoms. The molecule has 4 heterocycles. The highest BCUT2D eigenvalue weighted by atomic mass is 32.1. The summed E-state index contributed by atoms with van der Waals surface area (Å²) < 4.78 is 5.47. The molecule has 4 N–H and O–H groups in total. The van der Waals surface area contributed by atoms with Gasteiger partial charge in [-0.05, 0) is 5.56 Å². The average Bonchev–Trinajstić information content (AvgIpc) is 3.38. The summed E-state index contributed by atoms with van der Waals surface area (Å²) in [5.74, 6) is 0.985. The summed E-state index contributed by atoms with van der Waals surface area (Å²) in [6, 6.07) is 9.52. The Labute approximate surface area is 184 Å². The van der Waals surface area contributed by atoms with Crippen molar-refractivity contribution < 1.29 is 19.5 Å². The number of carbonyl (C=O) groups excluding carboxylic acids is 1. The second-order valence-corrected chi connectivity index (χ2v) is 9.02. The molecule has 2 aliphatic rings. The van der Waals surface area contributed by atoms with Crippen molar-refractivity contribution >= 4 is 33.3 Å². The summed E-state index contributed by atoms with van der Waals surface area (Å²) >= 11 is 1.58. The highest BCUT2D eigenvalue weighted by Crippen LogP contribution is 2.40. The van der Waals surface area contributed by atoms with Gasteiger partial charge in [0.25, 0.3) is 0 Å². The number of ether oxygens (including phenoxy) is 1. The van der Waals surface area contributed by atoms with Gasteiger partial charge in [-0.15, -0.1) is 11.3 Å². The minimum atomic E-state index is -0.616. The Kier molecular flexibility index (Phi) is 5.58. The van der Waals surface area contributed by atoms with Crippen LogP contribution < -0.4 is 15.5 Å². The van der Waals surface area contributed by atoms with Gasteiger partial charge in [0.05, 0.1) is 24.7 Å². The number of primary amides is 1. The molecule has 0 spiro atoms. The summed E-state index contributed by atoms with van der Waals surface area (Å²) in [4.78, 5) is 26.1. The smallest absolute Gasteiger partial charge is 0.240 e. The van der Waals surface area contributed by atoms with Crippen LogP contribution >= 0.6 is 11.3 Å². The number of nitrogens with one attached hydrogen (secondary N) is 1. The molecule has 2 aromatic heterocycles. The Morgan fingerprint density at radius 3 is 2.77 bits per heavy atom. The fourth-order valence-electron chi connectivity index (χ4n) is 4.46. The van der Waals surface area contributed by atoms with Crippen LogP contribution in [0.25, 0.3) is 21.3 Å². The number of morpholine rings is 1. The number of aliphatic hydroxyl groups is 1. The molecule has 3 aromatic rings. The third-order valence-electron chi connectivity index (χ3n) is 6.03. The standard InChI is InChI=1S/C22H25N5O3S/c23-20(29)17-10-15(28)11-27(17)21-19-16(14-4-2-1-3-5-14)13-31-22(19)25-18(24-21)12-26-6-8-30-9-7-26/h1-5,13,15,17,28H,6-12H2,(H2,23,29)/p+1/t15-,17-/m1/s1. The second-order valence-electron chi connectivity index (χ2n) is 8.16. The summed E-state index contributed by atoms with van der Waals surface area (Å²) in [5, 5.41) is 13.3. The summed E-state index contributed by atoms with van der Waals surface area (Å²) in [5.41, 5.74) is 7.80. The van der Waals surface area contributed by atoms with Gasteiger partial charge in [0.15, 0.2) is 5.82 Å². The van der Waals surface area contributed by atoms with E-state index in [2.05, 4.69) is 17.5 Å². The van der Waals surface area contributed by atoms with Crippen molar-refractivity contribution in [3.05, 3.63) is 41.5 Å². The number of carbonyl (C=O) groups is 1. The number of rotatable bonds is 5. The van der Waals surface area contributed by atoms with Gasteiger partial charge in [-0.25, -0.2) is 9.97 Å². The minimum Gasteiger partial charge on any atom is -0.391 e. The molecule has 2 aliphatic heterocycles. The molecule has 0 aliphatic carbocycles. The quantitative estimate of drug-likeness (QED) is 0.523. The van der Waals surface area contributed by atoms with Crippen LogP contribution in [-0.2, 0) is 16.1 Å². The van der Waals surface area contributed by atoms with Crippen LogP contribution in [0.1, 0.15) is 12.2 Å². The van der Waals surface area contributed by atoms with Gasteiger partial charge in [-0.3, -0.25) is 4.79 Å². The number of quaternary nitrogens is 1. The SMILES string of the molecule is NC(=O)[C@H]1C[C@@H](O)CN1c1nc(C[NH+]2CCOCC2)nc2scc(-c3ccccc3)c12. The van der Waals surface area contributed by atoms with Crippen LogP contribution in [-0.4, -0.2) is 66.0 Å². The first-order valence-corrected chi connectivity index (χ1v) is 11.5. The van der Waals surface area contributed by atoms with Crippen molar-refractivity contribution in [2.45, 2.75) is 25.1 Å². The third-order valence-corrected chi connectivity index (χ3v) is 6.91. The number of anilines is 1. The van der Waals surface area contributed by atoms with Crippen molar-refractivity contribution in [1.29, 1.82) is 0 Å². The number of aliphatic hydroxyl groups excluding tert-OH is 1. The Morgan fingerprint density at radius 2 is 2.03 bits per heavy atom. The predicted octanol–water partition coefficient (Wildman–Crippen LogP) is 0.198. The number of fused-ring (bicyclic) bond motifs is 1. The second kappa shape index (κ2) is 8.51. The molecule has 8 nitrogen and oxygen atoms in total. The van der Waals surface area contributed by atoms with Gasteiger partial charge in [0, 0.05) is 23.9 Å². The van der Waals surface area contributed by atoms with E-state index in [1.54, 1.807) is 11.3 Å². The number of nitrogens with zero attached hydrogens (tertiary/aromatic N) is 3. The molecule has 2 fully saturated rings. The minimum absolute atomic E-state index is 0.315. The van der Waals surface area contributed by atoms with Gasteiger partial charge in [-0.2, -0.15) is 0 Å². The van der Waals surface area contributed by atoms with Crippen LogP contribution in [0.3, 0.4) is 0 Å².